The van der Waals surface area contributed by atoms with Crippen molar-refractivity contribution in [1.29, 1.82) is 0 Å². The lowest BCUT2D eigenvalue weighted by Crippen LogP contribution is -2.09. The summed E-state index contributed by atoms with van der Waals surface area (Å²) in [6.07, 6.45) is 0. The average molecular weight is 277 g/mol. The van der Waals surface area contributed by atoms with Gasteiger partial charge in [0.15, 0.2) is 0 Å². The summed E-state index contributed by atoms with van der Waals surface area (Å²) in [7, 11) is 0. The highest BCUT2D eigenvalue weighted by Gasteiger charge is 2.01. The smallest absolute Gasteiger partial charge is 0.258 e. The van der Waals surface area contributed by atoms with Crippen LogP contribution < -0.4 is 5.56 Å². The minimum Gasteiger partial charge on any atom is -0.310 e. The molecule has 16 heavy (non-hydrogen) atoms. The van der Waals surface area contributed by atoms with Crippen LogP contribution in [0.4, 0.5) is 0 Å². The van der Waals surface area contributed by atoms with E-state index >= 15 is 0 Å². The Morgan fingerprint density at radius 1 is 1.50 bits per heavy atom. The fourth-order valence-corrected chi connectivity index (χ4v) is 1.61. The molecule has 0 atom stereocenters. The van der Waals surface area contributed by atoms with Crippen LogP contribution in [-0.4, -0.2) is 15.3 Å². The average Bonchev–Trinajstić information content (AvgIpc) is 2.26. The molecule has 0 unspecified atom stereocenters. The summed E-state index contributed by atoms with van der Waals surface area (Å²) in [4.78, 5) is 18.6. The van der Waals surface area contributed by atoms with E-state index in [4.69, 9.17) is 0 Å². The van der Waals surface area contributed by atoms with Gasteiger partial charge in [0.05, 0.1) is 16.2 Å². The van der Waals surface area contributed by atoms with Gasteiger partial charge in [0, 0.05) is 5.56 Å². The number of H-pyrrole nitrogens is 1. The molecule has 0 saturated heterocycles. The molecule has 1 aromatic carbocycles. The number of hydrogen-bond donors (Lipinski definition) is 1. The van der Waals surface area contributed by atoms with Crippen molar-refractivity contribution in [1.82, 2.24) is 9.97 Å². The highest BCUT2D eigenvalue weighted by molar-refractivity contribution is 9.09. The molecule has 0 aliphatic rings. The summed E-state index contributed by atoms with van der Waals surface area (Å²) in [6, 6.07) is 5.44. The van der Waals surface area contributed by atoms with E-state index in [0.29, 0.717) is 22.1 Å². The molecular weight excluding hydrogens is 268 g/mol. The molecule has 2 aromatic rings. The molecule has 0 aliphatic carbocycles. The number of halogens is 1. The largest absolute Gasteiger partial charge is 0.310 e. The lowest BCUT2D eigenvalue weighted by atomic mass is 10.1. The molecule has 0 radical (unpaired) electrons. The Morgan fingerprint density at radius 3 is 3.06 bits per heavy atom. The Bertz CT molecular complexity index is 649. The van der Waals surface area contributed by atoms with Crippen molar-refractivity contribution in [2.45, 2.75) is 6.92 Å². The van der Waals surface area contributed by atoms with Gasteiger partial charge in [-0.3, -0.25) is 4.79 Å². The van der Waals surface area contributed by atoms with Gasteiger partial charge in [-0.15, -0.1) is 0 Å². The van der Waals surface area contributed by atoms with Gasteiger partial charge in [0.25, 0.3) is 5.56 Å². The second-order valence-electron chi connectivity index (χ2n) is 3.32. The second kappa shape index (κ2) is 4.50. The number of nitrogens with zero attached hydrogens (tertiary/aromatic N) is 1. The summed E-state index contributed by atoms with van der Waals surface area (Å²) in [5.41, 5.74) is 1.40. The number of rotatable bonds is 0. The summed E-state index contributed by atoms with van der Waals surface area (Å²) in [6.45, 7) is 1.76. The van der Waals surface area contributed by atoms with Crippen molar-refractivity contribution in [3.63, 3.8) is 0 Å². The van der Waals surface area contributed by atoms with E-state index < -0.39 is 0 Å². The van der Waals surface area contributed by atoms with Gasteiger partial charge in [-0.1, -0.05) is 27.8 Å². The van der Waals surface area contributed by atoms with E-state index in [1.807, 2.05) is 12.1 Å². The summed E-state index contributed by atoms with van der Waals surface area (Å²) in [5, 5.41) is 1.19. The van der Waals surface area contributed by atoms with Crippen LogP contribution in [0, 0.1) is 18.8 Å². The third kappa shape index (κ3) is 2.15. The van der Waals surface area contributed by atoms with Gasteiger partial charge in [0.1, 0.15) is 5.82 Å². The molecule has 1 heterocycles. The van der Waals surface area contributed by atoms with Crippen molar-refractivity contribution in [2.24, 2.45) is 0 Å². The fraction of sp³-hybridized carbons (Fsp3) is 0.167. The number of alkyl halides is 1. The topological polar surface area (TPSA) is 45.8 Å². The monoisotopic (exact) mass is 276 g/mol. The van der Waals surface area contributed by atoms with Gasteiger partial charge in [-0.05, 0) is 25.1 Å². The Kier molecular flexibility index (Phi) is 3.07. The minimum atomic E-state index is -0.120. The van der Waals surface area contributed by atoms with Crippen molar-refractivity contribution < 1.29 is 0 Å². The molecule has 1 aromatic heterocycles. The molecule has 0 fully saturated rings. The maximum atomic E-state index is 11.7. The maximum Gasteiger partial charge on any atom is 0.258 e. The van der Waals surface area contributed by atoms with Gasteiger partial charge < -0.3 is 4.98 Å². The second-order valence-corrected chi connectivity index (χ2v) is 3.88. The first-order chi connectivity index (χ1) is 7.70. The van der Waals surface area contributed by atoms with Gasteiger partial charge in [0.2, 0.25) is 0 Å². The van der Waals surface area contributed by atoms with Crippen LogP contribution in [0.3, 0.4) is 0 Å². The Balaban J connectivity index is 2.67. The molecule has 0 amide bonds. The highest BCUT2D eigenvalue weighted by atomic mass is 79.9. The number of benzene rings is 1. The Morgan fingerprint density at radius 2 is 2.31 bits per heavy atom. The highest BCUT2D eigenvalue weighted by Crippen LogP contribution is 2.09. The normalized spacial score (nSPS) is 9.88. The van der Waals surface area contributed by atoms with E-state index in [0.717, 1.165) is 5.56 Å². The number of fused-ring (bicyclic) bond motifs is 1. The van der Waals surface area contributed by atoms with Crippen molar-refractivity contribution >= 4 is 26.8 Å². The lowest BCUT2D eigenvalue weighted by Gasteiger charge is -1.98. The van der Waals surface area contributed by atoms with Gasteiger partial charge >= 0.3 is 0 Å². The molecule has 0 saturated carbocycles. The molecule has 0 bridgehead atoms. The van der Waals surface area contributed by atoms with Crippen LogP contribution in [0.25, 0.3) is 10.9 Å². The third-order valence-corrected chi connectivity index (χ3v) is 2.40. The SMILES string of the molecule is Cc1nc2ccc(C#CCBr)cc2c(=O)[nH]1. The van der Waals surface area contributed by atoms with Crippen molar-refractivity contribution in [3.8, 4) is 11.8 Å². The summed E-state index contributed by atoms with van der Waals surface area (Å²) < 4.78 is 0. The molecule has 4 heteroatoms. The van der Waals surface area contributed by atoms with Crippen molar-refractivity contribution in [2.75, 3.05) is 5.33 Å². The number of aromatic nitrogens is 2. The fourth-order valence-electron chi connectivity index (χ4n) is 1.47. The van der Waals surface area contributed by atoms with Crippen LogP contribution in [0.1, 0.15) is 11.4 Å². The first kappa shape index (κ1) is 10.9. The molecule has 80 valence electrons. The molecule has 0 aliphatic heterocycles. The number of aromatic amines is 1. The minimum absolute atomic E-state index is 0.120. The Labute approximate surface area is 101 Å². The van der Waals surface area contributed by atoms with Crippen LogP contribution >= 0.6 is 15.9 Å². The zero-order chi connectivity index (χ0) is 11.5. The van der Waals surface area contributed by atoms with E-state index in [-0.39, 0.29) is 5.56 Å². The number of nitrogens with one attached hydrogen (secondary N) is 1. The van der Waals surface area contributed by atoms with Gasteiger partial charge in [-0.2, -0.15) is 0 Å². The number of aryl methyl sites for hydroxylation is 1. The van der Waals surface area contributed by atoms with E-state index in [9.17, 15) is 4.79 Å². The zero-order valence-electron chi connectivity index (χ0n) is 8.67. The third-order valence-electron chi connectivity index (χ3n) is 2.12. The quantitative estimate of drug-likeness (QED) is 0.591. The zero-order valence-corrected chi connectivity index (χ0v) is 10.3. The van der Waals surface area contributed by atoms with Crippen molar-refractivity contribution in [3.05, 3.63) is 39.9 Å². The molecule has 0 spiro atoms. The molecule has 3 nitrogen and oxygen atoms in total. The van der Waals surface area contributed by atoms with E-state index in [1.165, 1.54) is 0 Å². The van der Waals surface area contributed by atoms with Gasteiger partial charge in [-0.25, -0.2) is 4.98 Å². The van der Waals surface area contributed by atoms with Crippen LogP contribution in [0.5, 0.6) is 0 Å². The Hall–Kier alpha value is -1.60. The predicted octanol–water partition coefficient (Wildman–Crippen LogP) is 1.98. The van der Waals surface area contributed by atoms with E-state index in [2.05, 4.69) is 37.7 Å². The first-order valence-electron chi connectivity index (χ1n) is 4.76. The summed E-state index contributed by atoms with van der Waals surface area (Å²) in [5.74, 6) is 6.47. The predicted molar refractivity (Wildman–Crippen MR) is 67.8 cm³/mol. The lowest BCUT2D eigenvalue weighted by molar-refractivity contribution is 1.06. The number of hydrogen-bond acceptors (Lipinski definition) is 2. The van der Waals surface area contributed by atoms with Crippen LogP contribution in [0.15, 0.2) is 23.0 Å². The first-order valence-corrected chi connectivity index (χ1v) is 5.88. The van der Waals surface area contributed by atoms with Crippen LogP contribution in [-0.2, 0) is 0 Å². The maximum absolute atomic E-state index is 11.7. The molecule has 1 N–H and O–H groups in total. The van der Waals surface area contributed by atoms with Crippen LogP contribution in [0.2, 0.25) is 0 Å². The summed E-state index contributed by atoms with van der Waals surface area (Å²) >= 11 is 3.23. The molecular formula is C12H9BrN2O. The van der Waals surface area contributed by atoms with E-state index in [1.54, 1.807) is 13.0 Å². The molecule has 2 rings (SSSR count). The standard InChI is InChI=1S/C12H9BrN2O/c1-8-14-11-5-4-9(3-2-6-13)7-10(11)12(16)15-8/h4-5,7H,6H2,1H3,(H,14,15,16).